The average molecular weight is 924 g/mol. The lowest BCUT2D eigenvalue weighted by molar-refractivity contribution is -0.143. The Kier molecular flexibility index (Phi) is 10.2. The standard InChI is InChI=1S/C59H31F6N5/c60-58(61,62)44-26-43(27-45(31-44)59(63,64)65)41-20-23-55(69-51-15-3-1-13-46(51)48-28-39(18-21-53(48)69)37-10-5-8-35(24-37)32-66)50(30-41)57-42(34-68)12-7-17-56(57)70-52-16-4-2-14-47(52)49-29-40(19-22-54(49)70)38-11-6-9-36(25-38)33-67/h1-31H. The first-order valence-electron chi connectivity index (χ1n) is 21.9. The van der Waals surface area contributed by atoms with Gasteiger partial charge in [0.25, 0.3) is 0 Å². The SMILES string of the molecule is N#Cc1cccc(-c2ccc3c(c2)c2ccccc2n3-c2ccc(-c3cc(C(F)(F)F)cc(C(F)(F)F)c3)cc2-c2c(C#N)cccc2-n2c3ccccc3c3cc(-c4cccc(C#N)c4)ccc32)c1. The molecule has 0 aliphatic rings. The van der Waals surface area contributed by atoms with Crippen molar-refractivity contribution in [1.29, 1.82) is 15.8 Å². The zero-order valence-corrected chi connectivity index (χ0v) is 36.4. The normalized spacial score (nSPS) is 11.8. The topological polar surface area (TPSA) is 81.2 Å². The summed E-state index contributed by atoms with van der Waals surface area (Å²) in [5, 5.41) is 33.8. The van der Waals surface area contributed by atoms with Crippen LogP contribution in [0.5, 0.6) is 0 Å². The van der Waals surface area contributed by atoms with E-state index in [0.717, 1.165) is 65.9 Å². The third kappa shape index (κ3) is 7.27. The van der Waals surface area contributed by atoms with Crippen molar-refractivity contribution in [2.75, 3.05) is 0 Å². The fourth-order valence-electron chi connectivity index (χ4n) is 9.70. The van der Waals surface area contributed by atoms with Gasteiger partial charge in [-0.2, -0.15) is 42.1 Å². The van der Waals surface area contributed by atoms with Gasteiger partial charge in [0.15, 0.2) is 0 Å². The number of alkyl halides is 6. The average Bonchev–Trinajstić information content (AvgIpc) is 3.89. The number of nitrogens with zero attached hydrogens (tertiary/aromatic N) is 5. The second-order valence-corrected chi connectivity index (χ2v) is 16.9. The molecule has 0 aliphatic heterocycles. The van der Waals surface area contributed by atoms with Crippen molar-refractivity contribution in [1.82, 2.24) is 9.13 Å². The lowest BCUT2D eigenvalue weighted by Crippen LogP contribution is -2.11. The third-order valence-corrected chi connectivity index (χ3v) is 12.8. The van der Waals surface area contributed by atoms with Crippen LogP contribution < -0.4 is 0 Å². The highest BCUT2D eigenvalue weighted by Gasteiger charge is 2.37. The van der Waals surface area contributed by atoms with E-state index in [1.165, 1.54) is 6.07 Å². The van der Waals surface area contributed by atoms with Crippen LogP contribution in [0, 0.1) is 34.0 Å². The first kappa shape index (κ1) is 43.2. The van der Waals surface area contributed by atoms with E-state index in [1.807, 2.05) is 130 Å². The van der Waals surface area contributed by atoms with Gasteiger partial charge in [0.05, 0.1) is 79.5 Å². The van der Waals surface area contributed by atoms with Crippen LogP contribution in [0.3, 0.4) is 0 Å². The third-order valence-electron chi connectivity index (χ3n) is 12.8. The molecular weight excluding hydrogens is 893 g/mol. The molecule has 0 aliphatic carbocycles. The Morgan fingerprint density at radius 3 is 1.31 bits per heavy atom. The molecule has 70 heavy (non-hydrogen) atoms. The fourth-order valence-corrected chi connectivity index (χ4v) is 9.70. The van der Waals surface area contributed by atoms with E-state index in [0.29, 0.717) is 45.8 Å². The number of fused-ring (bicyclic) bond motifs is 6. The van der Waals surface area contributed by atoms with Crippen molar-refractivity contribution >= 4 is 43.6 Å². The summed E-state index contributed by atoms with van der Waals surface area (Å²) in [4.78, 5) is 0. The fraction of sp³-hybridized carbons (Fsp3) is 0.0339. The summed E-state index contributed by atoms with van der Waals surface area (Å²) in [5.41, 5.74) is 6.17. The summed E-state index contributed by atoms with van der Waals surface area (Å²) in [6, 6.07) is 60.1. The van der Waals surface area contributed by atoms with Crippen LogP contribution in [0.4, 0.5) is 26.3 Å². The maximum absolute atomic E-state index is 14.4. The highest BCUT2D eigenvalue weighted by molar-refractivity contribution is 6.13. The monoisotopic (exact) mass is 923 g/mol. The van der Waals surface area contributed by atoms with Crippen LogP contribution in [0.1, 0.15) is 27.8 Å². The van der Waals surface area contributed by atoms with Crippen molar-refractivity contribution in [3.63, 3.8) is 0 Å². The van der Waals surface area contributed by atoms with Crippen molar-refractivity contribution in [2.24, 2.45) is 0 Å². The van der Waals surface area contributed by atoms with Gasteiger partial charge >= 0.3 is 12.4 Å². The number of nitriles is 3. The van der Waals surface area contributed by atoms with E-state index in [4.69, 9.17) is 0 Å². The zero-order chi connectivity index (χ0) is 48.5. The van der Waals surface area contributed by atoms with Crippen LogP contribution in [-0.2, 0) is 12.4 Å². The van der Waals surface area contributed by atoms with Gasteiger partial charge in [-0.05, 0) is 137 Å². The van der Waals surface area contributed by atoms with Gasteiger partial charge in [0.2, 0.25) is 0 Å². The molecule has 0 N–H and O–H groups in total. The Morgan fingerprint density at radius 1 is 0.343 bits per heavy atom. The zero-order valence-electron chi connectivity index (χ0n) is 36.4. The van der Waals surface area contributed by atoms with Crippen LogP contribution in [0.25, 0.3) is 99.5 Å². The van der Waals surface area contributed by atoms with Crippen LogP contribution in [0.15, 0.2) is 188 Å². The Hall–Kier alpha value is -9.37. The molecule has 0 spiro atoms. The highest BCUT2D eigenvalue weighted by Crippen LogP contribution is 2.46. The van der Waals surface area contributed by atoms with E-state index in [2.05, 4.69) is 18.2 Å². The summed E-state index contributed by atoms with van der Waals surface area (Å²) in [6.45, 7) is 0. The predicted octanol–water partition coefficient (Wildman–Crippen LogP) is 16.2. The number of aromatic nitrogens is 2. The van der Waals surface area contributed by atoms with Crippen molar-refractivity contribution in [2.45, 2.75) is 12.4 Å². The van der Waals surface area contributed by atoms with E-state index in [9.17, 15) is 42.1 Å². The van der Waals surface area contributed by atoms with Gasteiger partial charge in [-0.15, -0.1) is 0 Å². The summed E-state index contributed by atoms with van der Waals surface area (Å²) in [6.07, 6.45) is -10.2. The quantitative estimate of drug-likeness (QED) is 0.156. The van der Waals surface area contributed by atoms with E-state index < -0.39 is 23.5 Å². The lowest BCUT2D eigenvalue weighted by atomic mass is 9.91. The molecule has 0 saturated carbocycles. The number of benzene rings is 9. The van der Waals surface area contributed by atoms with Crippen molar-refractivity contribution in [3.8, 4) is 74.1 Å². The first-order chi connectivity index (χ1) is 33.8. The van der Waals surface area contributed by atoms with E-state index in [1.54, 1.807) is 42.5 Å². The van der Waals surface area contributed by atoms with Crippen molar-refractivity contribution < 1.29 is 26.3 Å². The summed E-state index contributed by atoms with van der Waals surface area (Å²) in [5.74, 6) is 0. The van der Waals surface area contributed by atoms with Crippen LogP contribution in [0.2, 0.25) is 0 Å². The highest BCUT2D eigenvalue weighted by atomic mass is 19.4. The van der Waals surface area contributed by atoms with Crippen LogP contribution in [-0.4, -0.2) is 9.13 Å². The molecule has 0 fully saturated rings. The number of hydrogen-bond acceptors (Lipinski definition) is 3. The molecule has 334 valence electrons. The molecule has 0 saturated heterocycles. The number of rotatable bonds is 6. The molecule has 9 aromatic carbocycles. The van der Waals surface area contributed by atoms with Crippen LogP contribution >= 0.6 is 0 Å². The molecular formula is C59H31F6N5. The second kappa shape index (κ2) is 16.4. The van der Waals surface area contributed by atoms with Gasteiger partial charge < -0.3 is 9.13 Å². The number of para-hydroxylation sites is 2. The van der Waals surface area contributed by atoms with Crippen molar-refractivity contribution in [3.05, 3.63) is 216 Å². The summed E-state index contributed by atoms with van der Waals surface area (Å²) < 4.78 is 90.4. The maximum Gasteiger partial charge on any atom is 0.416 e. The molecule has 2 heterocycles. The second-order valence-electron chi connectivity index (χ2n) is 16.9. The number of halogens is 6. The molecule has 0 unspecified atom stereocenters. The molecule has 11 aromatic rings. The Bertz CT molecular complexity index is 4060. The maximum atomic E-state index is 14.4. The molecule has 0 amide bonds. The lowest BCUT2D eigenvalue weighted by Gasteiger charge is -2.21. The molecule has 0 atom stereocenters. The molecule has 0 bridgehead atoms. The molecule has 11 heteroatoms. The summed E-state index contributed by atoms with van der Waals surface area (Å²) in [7, 11) is 0. The summed E-state index contributed by atoms with van der Waals surface area (Å²) >= 11 is 0. The molecule has 0 radical (unpaired) electrons. The number of hydrogen-bond donors (Lipinski definition) is 0. The first-order valence-corrected chi connectivity index (χ1v) is 21.9. The van der Waals surface area contributed by atoms with Gasteiger partial charge in [-0.3, -0.25) is 0 Å². The largest absolute Gasteiger partial charge is 0.416 e. The Morgan fingerprint density at radius 2 is 0.800 bits per heavy atom. The van der Waals surface area contributed by atoms with Gasteiger partial charge in [0, 0.05) is 32.7 Å². The molecule has 2 aromatic heterocycles. The molecule has 5 nitrogen and oxygen atoms in total. The van der Waals surface area contributed by atoms with E-state index >= 15 is 0 Å². The predicted molar refractivity (Wildman–Crippen MR) is 261 cm³/mol. The smallest absolute Gasteiger partial charge is 0.309 e. The minimum absolute atomic E-state index is 0.0564. The Labute approximate surface area is 395 Å². The van der Waals surface area contributed by atoms with Gasteiger partial charge in [0.1, 0.15) is 0 Å². The minimum atomic E-state index is -5.09. The van der Waals surface area contributed by atoms with Gasteiger partial charge in [-0.25, -0.2) is 0 Å². The van der Waals surface area contributed by atoms with E-state index in [-0.39, 0.29) is 22.8 Å². The minimum Gasteiger partial charge on any atom is -0.309 e. The molecule has 11 rings (SSSR count). The Balaban J connectivity index is 1.23. The van der Waals surface area contributed by atoms with Gasteiger partial charge in [-0.1, -0.05) is 84.9 Å².